The number of thioether (sulfide) groups is 1. The number of nitrogens with zero attached hydrogens (tertiary/aromatic N) is 3. The number of nitrogens with one attached hydrogen (secondary N) is 1. The van der Waals surface area contributed by atoms with E-state index < -0.39 is 6.10 Å². The topological polar surface area (TPSA) is 60.9 Å². The average molecular weight is 615 g/mol. The first kappa shape index (κ1) is 33.0. The quantitative estimate of drug-likeness (QED) is 0.200. The summed E-state index contributed by atoms with van der Waals surface area (Å²) in [5, 5.41) is 17.8. The van der Waals surface area contributed by atoms with Gasteiger partial charge in [-0.25, -0.2) is 4.98 Å². The number of hydrogen-bond acceptors (Lipinski definition) is 8. The van der Waals surface area contributed by atoms with Gasteiger partial charge in [0.15, 0.2) is 5.13 Å². The minimum atomic E-state index is -0.549. The molecule has 2 aromatic carbocycles. The molecule has 2 N–H and O–H groups in total. The number of aromatic nitrogens is 1. The van der Waals surface area contributed by atoms with Gasteiger partial charge in [0, 0.05) is 53.6 Å². The summed E-state index contributed by atoms with van der Waals surface area (Å²) < 4.78 is 5.90. The maximum atomic E-state index is 10.6. The van der Waals surface area contributed by atoms with E-state index in [1.807, 2.05) is 57.2 Å². The van der Waals surface area contributed by atoms with Crippen molar-refractivity contribution in [3.63, 3.8) is 0 Å². The Morgan fingerprint density at radius 3 is 2.54 bits per heavy atom. The van der Waals surface area contributed by atoms with Crippen molar-refractivity contribution >= 4 is 39.8 Å². The van der Waals surface area contributed by atoms with Crippen molar-refractivity contribution < 1.29 is 9.84 Å². The first-order valence-corrected chi connectivity index (χ1v) is 16.3. The Morgan fingerprint density at radius 1 is 1.20 bits per heavy atom. The molecule has 0 spiro atoms. The number of ether oxygens (including phenoxy) is 1. The molecule has 1 saturated heterocycles. The lowest BCUT2D eigenvalue weighted by Gasteiger charge is -2.38. The lowest BCUT2D eigenvalue weighted by molar-refractivity contribution is 0.0517. The van der Waals surface area contributed by atoms with Crippen molar-refractivity contribution in [2.45, 2.75) is 52.0 Å². The summed E-state index contributed by atoms with van der Waals surface area (Å²) in [5.41, 5.74) is 3.14. The van der Waals surface area contributed by atoms with Crippen molar-refractivity contribution in [3.05, 3.63) is 81.8 Å². The van der Waals surface area contributed by atoms with Crippen LogP contribution in [0.2, 0.25) is 5.02 Å². The number of benzene rings is 2. The van der Waals surface area contributed by atoms with Gasteiger partial charge in [0.25, 0.3) is 0 Å². The number of aryl methyl sites for hydroxylation is 1. The Morgan fingerprint density at radius 2 is 1.90 bits per heavy atom. The van der Waals surface area contributed by atoms with Crippen LogP contribution in [0.1, 0.15) is 39.7 Å². The Balaban J connectivity index is 0.00000226. The fourth-order valence-electron chi connectivity index (χ4n) is 4.37. The second kappa shape index (κ2) is 16.8. The van der Waals surface area contributed by atoms with Gasteiger partial charge < -0.3 is 20.1 Å². The molecule has 1 atom stereocenters. The maximum absolute atomic E-state index is 10.6. The minimum Gasteiger partial charge on any atom is -0.491 e. The van der Waals surface area contributed by atoms with Crippen LogP contribution in [-0.4, -0.2) is 65.3 Å². The first-order valence-electron chi connectivity index (χ1n) is 14.2. The summed E-state index contributed by atoms with van der Waals surface area (Å²) in [5.74, 6) is 1.87. The monoisotopic (exact) mass is 614 g/mol. The zero-order chi connectivity index (χ0) is 29.8. The number of allylic oxidation sites excluding steroid dienone is 2. The molecule has 1 aromatic heterocycles. The van der Waals surface area contributed by atoms with E-state index in [1.54, 1.807) is 23.1 Å². The highest BCUT2D eigenvalue weighted by atomic mass is 35.5. The number of thiazole rings is 1. The van der Waals surface area contributed by atoms with Gasteiger partial charge in [0.2, 0.25) is 0 Å². The van der Waals surface area contributed by atoms with Gasteiger partial charge in [0.1, 0.15) is 24.3 Å². The first-order chi connectivity index (χ1) is 19.8. The van der Waals surface area contributed by atoms with Crippen molar-refractivity contribution in [2.75, 3.05) is 44.6 Å². The molecule has 4 rings (SSSR count). The van der Waals surface area contributed by atoms with Crippen LogP contribution in [-0.2, 0) is 0 Å². The molecule has 0 saturated carbocycles. The predicted molar refractivity (Wildman–Crippen MR) is 177 cm³/mol. The van der Waals surface area contributed by atoms with E-state index in [0.29, 0.717) is 6.54 Å². The normalized spacial score (nSPS) is 14.7. The third kappa shape index (κ3) is 10.4. The van der Waals surface area contributed by atoms with E-state index in [4.69, 9.17) is 21.3 Å². The fraction of sp³-hybridized carbons (Fsp3) is 0.406. The van der Waals surface area contributed by atoms with Crippen LogP contribution in [0.5, 0.6) is 5.75 Å². The standard InChI is InChI=1S/C30H37ClN4O2S2.C2H6/c1-5-6-29(33-30-32-27(20-38-30)23-7-9-24(31)10-8-23)35-15-13-34(14-16-35)18-25(36)19-37-26-11-12-28(22(4)17-26)39-21(2)3;1-2/h6-12,17,20,25,36H,2,5,13-16,18-19H2,1,3-4H3,(H,32,33);1-2H3/b29-6+;. The molecule has 0 aliphatic carbocycles. The van der Waals surface area contributed by atoms with Crippen molar-refractivity contribution in [3.8, 4) is 17.0 Å². The summed E-state index contributed by atoms with van der Waals surface area (Å²) in [6, 6.07) is 13.8. The van der Waals surface area contributed by atoms with E-state index in [0.717, 1.165) is 76.1 Å². The van der Waals surface area contributed by atoms with E-state index in [1.165, 1.54) is 4.90 Å². The Labute approximate surface area is 259 Å². The summed E-state index contributed by atoms with van der Waals surface area (Å²) in [7, 11) is 0. The molecular weight excluding hydrogens is 572 g/mol. The van der Waals surface area contributed by atoms with Crippen molar-refractivity contribution in [1.82, 2.24) is 14.8 Å². The molecule has 1 aliphatic heterocycles. The van der Waals surface area contributed by atoms with Crippen molar-refractivity contribution in [1.29, 1.82) is 0 Å². The van der Waals surface area contributed by atoms with Gasteiger partial charge >= 0.3 is 0 Å². The smallest absolute Gasteiger partial charge is 0.188 e. The number of β-amino-alcohol motifs (C(OH)–C–C–N with tert-alkyl or cyclic N) is 1. The molecule has 0 bridgehead atoms. The number of aliphatic hydroxyl groups excluding tert-OH is 1. The molecule has 1 unspecified atom stereocenters. The van der Waals surface area contributed by atoms with Crippen LogP contribution >= 0.6 is 34.7 Å². The third-order valence-corrected chi connectivity index (χ3v) is 8.37. The Kier molecular flexibility index (Phi) is 13.6. The Hall–Kier alpha value is -2.49. The number of anilines is 1. The van der Waals surface area contributed by atoms with E-state index in [2.05, 4.69) is 53.1 Å². The molecule has 1 fully saturated rings. The summed E-state index contributed by atoms with van der Waals surface area (Å²) in [6.07, 6.45) is 2.59. The second-order valence-electron chi connectivity index (χ2n) is 9.65. The molecule has 9 heteroatoms. The second-order valence-corrected chi connectivity index (χ2v) is 12.3. The highest BCUT2D eigenvalue weighted by Crippen LogP contribution is 2.30. The summed E-state index contributed by atoms with van der Waals surface area (Å²) >= 11 is 9.29. The lowest BCUT2D eigenvalue weighted by atomic mass is 10.2. The van der Waals surface area contributed by atoms with Crippen LogP contribution in [0.3, 0.4) is 0 Å². The van der Waals surface area contributed by atoms with Crippen LogP contribution in [0.15, 0.2) is 76.1 Å². The number of piperazine rings is 1. The highest BCUT2D eigenvalue weighted by Gasteiger charge is 2.22. The summed E-state index contributed by atoms with van der Waals surface area (Å²) in [6.45, 7) is 18.5. The molecule has 2 heterocycles. The highest BCUT2D eigenvalue weighted by molar-refractivity contribution is 8.03. The molecule has 0 amide bonds. The zero-order valence-corrected chi connectivity index (χ0v) is 27.2. The van der Waals surface area contributed by atoms with Gasteiger partial charge in [-0.3, -0.25) is 4.90 Å². The van der Waals surface area contributed by atoms with Gasteiger partial charge in [-0.1, -0.05) is 62.8 Å². The van der Waals surface area contributed by atoms with Crippen LogP contribution in [0.25, 0.3) is 11.3 Å². The minimum absolute atomic E-state index is 0.273. The van der Waals surface area contributed by atoms with Crippen molar-refractivity contribution in [2.24, 2.45) is 0 Å². The molecule has 41 heavy (non-hydrogen) atoms. The molecule has 0 radical (unpaired) electrons. The van der Waals surface area contributed by atoms with E-state index in [9.17, 15) is 5.11 Å². The molecule has 1 aliphatic rings. The SMILES string of the molecule is C=C(C)Sc1ccc(OCC(O)CN2CCN(/C(=C/CC)Nc3nc(-c4ccc(Cl)cc4)cs3)CC2)cc1C.CC. The van der Waals surface area contributed by atoms with Gasteiger partial charge in [-0.15, -0.1) is 11.3 Å². The number of hydrogen-bond donors (Lipinski definition) is 2. The summed E-state index contributed by atoms with van der Waals surface area (Å²) in [4.78, 5) is 11.7. The zero-order valence-electron chi connectivity index (χ0n) is 24.8. The predicted octanol–water partition coefficient (Wildman–Crippen LogP) is 8.14. The maximum Gasteiger partial charge on any atom is 0.188 e. The molecule has 6 nitrogen and oxygen atoms in total. The largest absolute Gasteiger partial charge is 0.491 e. The Bertz CT molecular complexity index is 1270. The van der Waals surface area contributed by atoms with Crippen LogP contribution < -0.4 is 10.1 Å². The van der Waals surface area contributed by atoms with Gasteiger partial charge in [-0.05, 0) is 67.1 Å². The van der Waals surface area contributed by atoms with Gasteiger partial charge in [-0.2, -0.15) is 0 Å². The number of rotatable bonds is 12. The third-order valence-electron chi connectivity index (χ3n) is 6.33. The molecule has 222 valence electrons. The van der Waals surface area contributed by atoms with Crippen LogP contribution in [0, 0.1) is 6.92 Å². The molecular formula is C32H43ClN4O2S2. The van der Waals surface area contributed by atoms with Crippen LogP contribution in [0.4, 0.5) is 5.13 Å². The number of halogens is 1. The number of aliphatic hydroxyl groups is 1. The van der Waals surface area contributed by atoms with Gasteiger partial charge in [0.05, 0.1) is 5.69 Å². The fourth-order valence-corrected chi connectivity index (χ4v) is 5.96. The lowest BCUT2D eigenvalue weighted by Crippen LogP contribution is -2.49. The van der Waals surface area contributed by atoms with E-state index in [-0.39, 0.29) is 6.61 Å². The average Bonchev–Trinajstić information content (AvgIpc) is 3.43. The molecule has 3 aromatic rings. The van der Waals surface area contributed by atoms with E-state index >= 15 is 0 Å².